The molecule has 1 heterocycles. The van der Waals surface area contributed by atoms with E-state index in [1.165, 1.54) is 16.2 Å². The van der Waals surface area contributed by atoms with E-state index >= 15 is 0 Å². The predicted molar refractivity (Wildman–Crippen MR) is 82.5 cm³/mol. The molecule has 2 nitrogen and oxygen atoms in total. The van der Waals surface area contributed by atoms with E-state index in [-0.39, 0.29) is 16.9 Å². The summed E-state index contributed by atoms with van der Waals surface area (Å²) in [6.45, 7) is 7.12. The Morgan fingerprint density at radius 2 is 2.00 bits per heavy atom. The van der Waals surface area contributed by atoms with Gasteiger partial charge in [-0.05, 0) is 43.2 Å². The topological polar surface area (TPSA) is 46.2 Å². The van der Waals surface area contributed by atoms with Gasteiger partial charge in [-0.15, -0.1) is 11.3 Å². The van der Waals surface area contributed by atoms with Crippen LogP contribution >= 0.6 is 11.3 Å². The molecule has 3 N–H and O–H groups in total. The number of aryl methyl sites for hydroxylation is 1. The minimum atomic E-state index is -0.300. The third kappa shape index (κ3) is 2.88. The molecule has 1 aliphatic carbocycles. The van der Waals surface area contributed by atoms with Crippen molar-refractivity contribution < 1.29 is 5.11 Å². The van der Waals surface area contributed by atoms with Gasteiger partial charge in [0.2, 0.25) is 0 Å². The Kier molecular flexibility index (Phi) is 4.38. The number of aliphatic hydroxyl groups excluding tert-OH is 1. The smallest absolute Gasteiger partial charge is 0.0662 e. The average molecular weight is 281 g/mol. The van der Waals surface area contributed by atoms with E-state index in [0.717, 1.165) is 25.7 Å². The fourth-order valence-electron chi connectivity index (χ4n) is 3.52. The van der Waals surface area contributed by atoms with Crippen molar-refractivity contribution in [2.45, 2.75) is 59.0 Å². The van der Waals surface area contributed by atoms with Crippen LogP contribution in [-0.4, -0.2) is 17.8 Å². The van der Waals surface area contributed by atoms with E-state index in [1.807, 2.05) is 11.3 Å². The van der Waals surface area contributed by atoms with Crippen molar-refractivity contribution in [1.29, 1.82) is 0 Å². The van der Waals surface area contributed by atoms with Crippen LogP contribution in [0.1, 0.15) is 49.8 Å². The van der Waals surface area contributed by atoms with Gasteiger partial charge in [-0.1, -0.05) is 27.2 Å². The van der Waals surface area contributed by atoms with Crippen LogP contribution in [0.5, 0.6) is 0 Å². The lowest BCUT2D eigenvalue weighted by Gasteiger charge is -2.49. The van der Waals surface area contributed by atoms with Gasteiger partial charge < -0.3 is 10.8 Å². The van der Waals surface area contributed by atoms with E-state index in [2.05, 4.69) is 32.9 Å². The van der Waals surface area contributed by atoms with Crippen molar-refractivity contribution in [3.8, 4) is 0 Å². The molecule has 1 fully saturated rings. The lowest BCUT2D eigenvalue weighted by molar-refractivity contribution is -0.0881. The van der Waals surface area contributed by atoms with Crippen molar-refractivity contribution >= 4 is 11.3 Å². The quantitative estimate of drug-likeness (QED) is 0.889. The molecular weight excluding hydrogens is 254 g/mol. The summed E-state index contributed by atoms with van der Waals surface area (Å²) < 4.78 is 0. The molecule has 0 bridgehead atoms. The molecule has 0 aromatic carbocycles. The van der Waals surface area contributed by atoms with Crippen LogP contribution in [-0.2, 0) is 12.8 Å². The summed E-state index contributed by atoms with van der Waals surface area (Å²) in [5, 5.41) is 10.8. The van der Waals surface area contributed by atoms with Gasteiger partial charge in [0, 0.05) is 21.7 Å². The zero-order valence-electron chi connectivity index (χ0n) is 12.4. The summed E-state index contributed by atoms with van der Waals surface area (Å²) in [6, 6.07) is 4.43. The Bertz CT molecular complexity index is 426. The first kappa shape index (κ1) is 15.0. The van der Waals surface area contributed by atoms with Crippen LogP contribution in [0, 0.1) is 10.8 Å². The van der Waals surface area contributed by atoms with E-state index in [9.17, 15) is 5.11 Å². The highest BCUT2D eigenvalue weighted by atomic mass is 32.1. The molecule has 1 aliphatic rings. The van der Waals surface area contributed by atoms with Crippen LogP contribution in [0.15, 0.2) is 12.1 Å². The lowest BCUT2D eigenvalue weighted by Crippen LogP contribution is -2.53. The fourth-order valence-corrected chi connectivity index (χ4v) is 4.64. The molecule has 2 atom stereocenters. The predicted octanol–water partition coefficient (Wildman–Crippen LogP) is 3.37. The average Bonchev–Trinajstić information content (AvgIpc) is 2.82. The second kappa shape index (κ2) is 5.55. The molecule has 0 amide bonds. The molecule has 0 saturated heterocycles. The van der Waals surface area contributed by atoms with Gasteiger partial charge >= 0.3 is 0 Å². The molecule has 2 rings (SSSR count). The largest absolute Gasteiger partial charge is 0.392 e. The summed E-state index contributed by atoms with van der Waals surface area (Å²) >= 11 is 1.88. The third-order valence-corrected chi connectivity index (χ3v) is 6.04. The van der Waals surface area contributed by atoms with Crippen molar-refractivity contribution in [3.63, 3.8) is 0 Å². The van der Waals surface area contributed by atoms with Gasteiger partial charge in [-0.2, -0.15) is 0 Å². The zero-order chi connectivity index (χ0) is 14.1. The molecule has 0 aliphatic heterocycles. The Morgan fingerprint density at radius 1 is 1.32 bits per heavy atom. The Balaban J connectivity index is 2.22. The van der Waals surface area contributed by atoms with Gasteiger partial charge in [0.15, 0.2) is 0 Å². The third-order valence-electron chi connectivity index (χ3n) is 4.81. The van der Waals surface area contributed by atoms with Gasteiger partial charge in [-0.3, -0.25) is 0 Å². The van der Waals surface area contributed by atoms with E-state index in [0.29, 0.717) is 6.54 Å². The lowest BCUT2D eigenvalue weighted by atomic mass is 9.59. The second-order valence-corrected chi connectivity index (χ2v) is 7.96. The van der Waals surface area contributed by atoms with Crippen molar-refractivity contribution in [2.24, 2.45) is 16.6 Å². The SMILES string of the molecule is CCc1ccc(CC2(CN)CCCC(C)(C)C2O)s1. The van der Waals surface area contributed by atoms with Crippen LogP contribution < -0.4 is 5.73 Å². The van der Waals surface area contributed by atoms with Crippen LogP contribution in [0.25, 0.3) is 0 Å². The number of hydrogen-bond donors (Lipinski definition) is 2. The van der Waals surface area contributed by atoms with E-state index in [1.54, 1.807) is 0 Å². The van der Waals surface area contributed by atoms with Crippen LogP contribution in [0.4, 0.5) is 0 Å². The van der Waals surface area contributed by atoms with Crippen LogP contribution in [0.3, 0.4) is 0 Å². The zero-order valence-corrected chi connectivity index (χ0v) is 13.2. The maximum atomic E-state index is 10.8. The number of thiophene rings is 1. The van der Waals surface area contributed by atoms with E-state index in [4.69, 9.17) is 5.73 Å². The van der Waals surface area contributed by atoms with Crippen LogP contribution in [0.2, 0.25) is 0 Å². The summed E-state index contributed by atoms with van der Waals surface area (Å²) in [4.78, 5) is 2.80. The van der Waals surface area contributed by atoms with Crippen molar-refractivity contribution in [1.82, 2.24) is 0 Å². The Labute approximate surface area is 121 Å². The second-order valence-electron chi connectivity index (χ2n) is 6.71. The molecular formula is C16H27NOS. The molecule has 1 aromatic rings. The summed E-state index contributed by atoms with van der Waals surface area (Å²) in [5.41, 5.74) is 5.94. The normalized spacial score (nSPS) is 30.5. The van der Waals surface area contributed by atoms with Crippen molar-refractivity contribution in [2.75, 3.05) is 6.54 Å². The van der Waals surface area contributed by atoms with Crippen molar-refractivity contribution in [3.05, 3.63) is 21.9 Å². The number of hydrogen-bond acceptors (Lipinski definition) is 3. The first-order valence-corrected chi connectivity index (χ1v) is 8.21. The van der Waals surface area contributed by atoms with Gasteiger partial charge in [0.05, 0.1) is 6.10 Å². The molecule has 1 saturated carbocycles. The van der Waals surface area contributed by atoms with Gasteiger partial charge in [-0.25, -0.2) is 0 Å². The maximum absolute atomic E-state index is 10.8. The summed E-state index contributed by atoms with van der Waals surface area (Å²) in [5.74, 6) is 0. The maximum Gasteiger partial charge on any atom is 0.0662 e. The highest BCUT2D eigenvalue weighted by Gasteiger charge is 2.47. The minimum absolute atomic E-state index is 0.0114. The Hall–Kier alpha value is -0.380. The number of nitrogens with two attached hydrogens (primary N) is 1. The van der Waals surface area contributed by atoms with Gasteiger partial charge in [0.25, 0.3) is 0 Å². The monoisotopic (exact) mass is 281 g/mol. The first-order chi connectivity index (χ1) is 8.93. The summed E-state index contributed by atoms with van der Waals surface area (Å²) in [7, 11) is 0. The first-order valence-electron chi connectivity index (χ1n) is 7.39. The standard InChI is InChI=1S/C16H27NOS/c1-4-12-6-7-13(19-12)10-16(11-17)9-5-8-15(2,3)14(16)18/h6-7,14,18H,4-5,8-11,17H2,1-3H3. The highest BCUT2D eigenvalue weighted by Crippen LogP contribution is 2.48. The van der Waals surface area contributed by atoms with E-state index < -0.39 is 0 Å². The molecule has 2 unspecified atom stereocenters. The molecule has 3 heteroatoms. The van der Waals surface area contributed by atoms with Gasteiger partial charge in [0.1, 0.15) is 0 Å². The molecule has 19 heavy (non-hydrogen) atoms. The molecule has 108 valence electrons. The Morgan fingerprint density at radius 3 is 2.58 bits per heavy atom. The highest BCUT2D eigenvalue weighted by molar-refractivity contribution is 7.11. The summed E-state index contributed by atoms with van der Waals surface area (Å²) in [6.07, 6.45) is 5.04. The molecule has 0 spiro atoms. The minimum Gasteiger partial charge on any atom is -0.392 e. The fraction of sp³-hybridized carbons (Fsp3) is 0.750. The molecule has 1 aromatic heterocycles. The number of aliphatic hydroxyl groups is 1. The molecule has 0 radical (unpaired) electrons. The number of rotatable bonds is 4.